The fourth-order valence-electron chi connectivity index (χ4n) is 2.82. The summed E-state index contributed by atoms with van der Waals surface area (Å²) in [4.78, 5) is 0. The Morgan fingerprint density at radius 2 is 1.60 bits per heavy atom. The number of hydrogen-bond acceptors (Lipinski definition) is 5. The summed E-state index contributed by atoms with van der Waals surface area (Å²) in [6, 6.07) is 0.430. The second-order valence-corrected chi connectivity index (χ2v) is 5.92. The number of nitrogens with one attached hydrogen (secondary N) is 1. The minimum absolute atomic E-state index is 0.302. The molecule has 0 aromatic carbocycles. The van der Waals surface area contributed by atoms with E-state index in [4.69, 9.17) is 18.9 Å². The molecule has 0 spiro atoms. The van der Waals surface area contributed by atoms with Gasteiger partial charge in [0, 0.05) is 13.2 Å². The Labute approximate surface area is 123 Å². The largest absolute Gasteiger partial charge is 0.382 e. The van der Waals surface area contributed by atoms with E-state index in [1.807, 2.05) is 7.05 Å². The molecule has 0 heterocycles. The Kier molecular flexibility index (Phi) is 8.64. The zero-order valence-electron chi connectivity index (χ0n) is 13.4. The van der Waals surface area contributed by atoms with Crippen LogP contribution in [0.5, 0.6) is 0 Å². The molecule has 120 valence electrons. The lowest BCUT2D eigenvalue weighted by molar-refractivity contribution is -0.0244. The highest BCUT2D eigenvalue weighted by molar-refractivity contribution is 4.96. The van der Waals surface area contributed by atoms with Crippen molar-refractivity contribution in [2.24, 2.45) is 5.41 Å². The molecule has 0 radical (unpaired) electrons. The van der Waals surface area contributed by atoms with Gasteiger partial charge in [0.25, 0.3) is 0 Å². The lowest BCUT2D eigenvalue weighted by atomic mass is 9.87. The van der Waals surface area contributed by atoms with Crippen molar-refractivity contribution in [1.29, 1.82) is 0 Å². The number of methoxy groups -OCH3 is 1. The topological polar surface area (TPSA) is 49.0 Å². The maximum Gasteiger partial charge on any atom is 0.0734 e. The van der Waals surface area contributed by atoms with Crippen LogP contribution in [-0.4, -0.2) is 65.9 Å². The maximum atomic E-state index is 5.94. The second-order valence-electron chi connectivity index (χ2n) is 5.92. The van der Waals surface area contributed by atoms with Crippen LogP contribution in [0.3, 0.4) is 0 Å². The molecule has 0 aromatic rings. The zero-order chi connectivity index (χ0) is 14.8. The van der Waals surface area contributed by atoms with Gasteiger partial charge in [-0.05, 0) is 25.3 Å². The van der Waals surface area contributed by atoms with Crippen LogP contribution in [0.25, 0.3) is 0 Å². The van der Waals surface area contributed by atoms with Crippen LogP contribution in [0.4, 0.5) is 0 Å². The molecule has 1 aliphatic rings. The van der Waals surface area contributed by atoms with E-state index in [1.165, 1.54) is 6.42 Å². The molecule has 2 unspecified atom stereocenters. The predicted octanol–water partition coefficient (Wildman–Crippen LogP) is 1.46. The van der Waals surface area contributed by atoms with Gasteiger partial charge in [-0.2, -0.15) is 0 Å². The van der Waals surface area contributed by atoms with E-state index in [1.54, 1.807) is 7.11 Å². The Morgan fingerprint density at radius 3 is 2.20 bits per heavy atom. The van der Waals surface area contributed by atoms with Crippen molar-refractivity contribution in [3.8, 4) is 0 Å². The van der Waals surface area contributed by atoms with Gasteiger partial charge in [-0.15, -0.1) is 0 Å². The predicted molar refractivity (Wildman–Crippen MR) is 79.1 cm³/mol. The van der Waals surface area contributed by atoms with Gasteiger partial charge in [0.15, 0.2) is 0 Å². The first-order chi connectivity index (χ1) is 9.61. The minimum atomic E-state index is 0.302. The van der Waals surface area contributed by atoms with Crippen molar-refractivity contribution in [3.63, 3.8) is 0 Å². The third kappa shape index (κ3) is 6.06. The fourth-order valence-corrected chi connectivity index (χ4v) is 2.82. The van der Waals surface area contributed by atoms with Gasteiger partial charge < -0.3 is 24.3 Å². The average Bonchev–Trinajstić information content (AvgIpc) is 2.71. The number of hydrogen-bond donors (Lipinski definition) is 1. The summed E-state index contributed by atoms with van der Waals surface area (Å²) in [5.41, 5.74) is 0.315. The van der Waals surface area contributed by atoms with E-state index in [0.29, 0.717) is 57.2 Å². The van der Waals surface area contributed by atoms with Crippen LogP contribution in [0, 0.1) is 5.41 Å². The summed E-state index contributed by atoms with van der Waals surface area (Å²) >= 11 is 0. The Bertz CT molecular complexity index is 248. The van der Waals surface area contributed by atoms with Crippen LogP contribution in [0.1, 0.15) is 26.7 Å². The van der Waals surface area contributed by atoms with Gasteiger partial charge in [-0.25, -0.2) is 0 Å². The van der Waals surface area contributed by atoms with Gasteiger partial charge in [0.1, 0.15) is 0 Å². The number of likely N-dealkylation sites (N-methyl/N-ethyl adjacent to an activating group) is 1. The third-order valence-electron chi connectivity index (χ3n) is 3.96. The molecule has 20 heavy (non-hydrogen) atoms. The summed E-state index contributed by atoms with van der Waals surface area (Å²) in [6.45, 7) is 8.34. The lowest BCUT2D eigenvalue weighted by Gasteiger charge is -2.30. The highest BCUT2D eigenvalue weighted by Crippen LogP contribution is 2.38. The van der Waals surface area contributed by atoms with Crippen molar-refractivity contribution in [1.82, 2.24) is 5.32 Å². The first kappa shape index (κ1) is 17.9. The van der Waals surface area contributed by atoms with Crippen molar-refractivity contribution in [2.45, 2.75) is 38.8 Å². The third-order valence-corrected chi connectivity index (χ3v) is 3.96. The van der Waals surface area contributed by atoms with Crippen molar-refractivity contribution in [3.05, 3.63) is 0 Å². The van der Waals surface area contributed by atoms with E-state index < -0.39 is 0 Å². The lowest BCUT2D eigenvalue weighted by Crippen LogP contribution is -2.43. The van der Waals surface area contributed by atoms with Crippen molar-refractivity contribution >= 4 is 0 Å². The molecule has 0 saturated heterocycles. The van der Waals surface area contributed by atoms with Crippen LogP contribution in [0.2, 0.25) is 0 Å². The van der Waals surface area contributed by atoms with Gasteiger partial charge >= 0.3 is 0 Å². The molecule has 0 aromatic heterocycles. The van der Waals surface area contributed by atoms with Crippen molar-refractivity contribution in [2.75, 3.05) is 53.8 Å². The number of ether oxygens (including phenoxy) is 4. The Hall–Kier alpha value is -0.200. The van der Waals surface area contributed by atoms with Crippen LogP contribution >= 0.6 is 0 Å². The van der Waals surface area contributed by atoms with Crippen LogP contribution in [-0.2, 0) is 18.9 Å². The molecule has 0 bridgehead atoms. The minimum Gasteiger partial charge on any atom is -0.382 e. The zero-order valence-corrected chi connectivity index (χ0v) is 13.4. The molecule has 0 amide bonds. The van der Waals surface area contributed by atoms with Gasteiger partial charge in [0.2, 0.25) is 0 Å². The molecule has 1 rings (SSSR count). The molecule has 1 fully saturated rings. The molecule has 1 aliphatic carbocycles. The molecular formula is C15H31NO4. The Balaban J connectivity index is 1.99. The van der Waals surface area contributed by atoms with Gasteiger partial charge in [-0.1, -0.05) is 13.8 Å². The first-order valence-corrected chi connectivity index (χ1v) is 7.55. The van der Waals surface area contributed by atoms with E-state index in [2.05, 4.69) is 19.2 Å². The molecule has 5 nitrogen and oxygen atoms in total. The monoisotopic (exact) mass is 289 g/mol. The highest BCUT2D eigenvalue weighted by Gasteiger charge is 2.41. The van der Waals surface area contributed by atoms with Crippen molar-refractivity contribution < 1.29 is 18.9 Å². The van der Waals surface area contributed by atoms with Crippen LogP contribution in [0.15, 0.2) is 0 Å². The normalized spacial score (nSPS) is 25.2. The van der Waals surface area contributed by atoms with Gasteiger partial charge in [-0.3, -0.25) is 0 Å². The average molecular weight is 289 g/mol. The number of rotatable bonds is 11. The van der Waals surface area contributed by atoms with Gasteiger partial charge in [0.05, 0.1) is 45.7 Å². The molecule has 2 atom stereocenters. The maximum absolute atomic E-state index is 5.94. The van der Waals surface area contributed by atoms with Crippen LogP contribution < -0.4 is 5.32 Å². The highest BCUT2D eigenvalue weighted by atomic mass is 16.6. The summed E-state index contributed by atoms with van der Waals surface area (Å²) in [7, 11) is 3.68. The molecule has 5 heteroatoms. The molecular weight excluding hydrogens is 258 g/mol. The fraction of sp³-hybridized carbons (Fsp3) is 1.00. The van der Waals surface area contributed by atoms with E-state index in [-0.39, 0.29) is 0 Å². The second kappa shape index (κ2) is 9.68. The summed E-state index contributed by atoms with van der Waals surface area (Å²) < 4.78 is 21.6. The summed E-state index contributed by atoms with van der Waals surface area (Å²) in [5.74, 6) is 0. The molecule has 1 N–H and O–H groups in total. The smallest absolute Gasteiger partial charge is 0.0734 e. The quantitative estimate of drug-likeness (QED) is 0.584. The SMILES string of the molecule is CNC1C(OCCOCCOCCOC)CCC1(C)C. The molecule has 1 saturated carbocycles. The molecule has 0 aliphatic heterocycles. The summed E-state index contributed by atoms with van der Waals surface area (Å²) in [5, 5.41) is 3.39. The standard InChI is InChI=1S/C15H31NO4/c1-15(2)6-5-13(14(15)16-3)20-12-11-19-10-9-18-8-7-17-4/h13-14,16H,5-12H2,1-4H3. The summed E-state index contributed by atoms with van der Waals surface area (Å²) in [6.07, 6.45) is 2.63. The first-order valence-electron chi connectivity index (χ1n) is 7.55. The van der Waals surface area contributed by atoms with E-state index in [0.717, 1.165) is 6.42 Å². The van der Waals surface area contributed by atoms with E-state index in [9.17, 15) is 0 Å². The van der Waals surface area contributed by atoms with E-state index >= 15 is 0 Å². The Morgan fingerprint density at radius 1 is 1.00 bits per heavy atom.